The molecule has 0 spiro atoms. The van der Waals surface area contributed by atoms with Crippen molar-refractivity contribution in [3.05, 3.63) is 28.2 Å². The molecule has 1 aliphatic rings. The average molecular weight is 381 g/mol. The molecule has 0 aromatic heterocycles. The number of nitrogens with zero attached hydrogens (tertiary/aromatic N) is 2. The molecule has 0 aliphatic carbocycles. The van der Waals surface area contributed by atoms with Crippen molar-refractivity contribution in [3.8, 4) is 11.8 Å². The van der Waals surface area contributed by atoms with Gasteiger partial charge < -0.3 is 14.4 Å². The molecule has 1 aliphatic heterocycles. The Bertz CT molecular complexity index is 611. The number of amides is 1. The minimum absolute atomic E-state index is 0.0366. The molecule has 1 aromatic carbocycles. The Labute approximate surface area is 145 Å². The minimum Gasteiger partial charge on any atom is -0.490 e. The van der Waals surface area contributed by atoms with Gasteiger partial charge >= 0.3 is 6.09 Å². The number of likely N-dealkylation sites (tertiary alicyclic amines) is 1. The third kappa shape index (κ3) is 5.43. The summed E-state index contributed by atoms with van der Waals surface area (Å²) in [5.74, 6) is 0.673. The fourth-order valence-corrected chi connectivity index (χ4v) is 2.84. The number of hydrogen-bond acceptors (Lipinski definition) is 4. The maximum Gasteiger partial charge on any atom is 0.410 e. The SMILES string of the molecule is CC(C)(C)OC(=O)N1CCC(Oc2cc(Br)cc(C#N)c2)CC1. The first-order valence-electron chi connectivity index (χ1n) is 7.62. The Hall–Kier alpha value is -1.74. The molecule has 0 bridgehead atoms. The largest absolute Gasteiger partial charge is 0.490 e. The van der Waals surface area contributed by atoms with Crippen molar-refractivity contribution in [2.75, 3.05) is 13.1 Å². The molecule has 2 rings (SSSR count). The molecule has 1 aromatic rings. The van der Waals surface area contributed by atoms with Crippen LogP contribution in [0.1, 0.15) is 39.2 Å². The highest BCUT2D eigenvalue weighted by Crippen LogP contribution is 2.25. The Morgan fingerprint density at radius 1 is 1.30 bits per heavy atom. The van der Waals surface area contributed by atoms with E-state index in [9.17, 15) is 4.79 Å². The summed E-state index contributed by atoms with van der Waals surface area (Å²) in [6.07, 6.45) is 1.25. The van der Waals surface area contributed by atoms with E-state index >= 15 is 0 Å². The van der Waals surface area contributed by atoms with E-state index in [2.05, 4.69) is 22.0 Å². The topological polar surface area (TPSA) is 62.6 Å². The number of carbonyl (C=O) groups is 1. The van der Waals surface area contributed by atoms with E-state index in [1.165, 1.54) is 0 Å². The van der Waals surface area contributed by atoms with Gasteiger partial charge in [0, 0.05) is 30.4 Å². The predicted molar refractivity (Wildman–Crippen MR) is 90.3 cm³/mol. The van der Waals surface area contributed by atoms with Gasteiger partial charge in [-0.1, -0.05) is 15.9 Å². The fraction of sp³-hybridized carbons (Fsp3) is 0.529. The van der Waals surface area contributed by atoms with Gasteiger partial charge in [-0.3, -0.25) is 0 Å². The lowest BCUT2D eigenvalue weighted by Crippen LogP contribution is -2.44. The molecule has 5 nitrogen and oxygen atoms in total. The molecule has 1 heterocycles. The first-order chi connectivity index (χ1) is 10.8. The summed E-state index contributed by atoms with van der Waals surface area (Å²) >= 11 is 3.37. The van der Waals surface area contributed by atoms with E-state index in [0.717, 1.165) is 17.3 Å². The zero-order valence-corrected chi connectivity index (χ0v) is 15.2. The Kier molecular flexibility index (Phi) is 5.53. The van der Waals surface area contributed by atoms with E-state index in [4.69, 9.17) is 14.7 Å². The zero-order valence-electron chi connectivity index (χ0n) is 13.6. The normalized spacial score (nSPS) is 15.9. The number of halogens is 1. The van der Waals surface area contributed by atoms with Gasteiger partial charge in [-0.15, -0.1) is 0 Å². The monoisotopic (exact) mass is 380 g/mol. The first-order valence-corrected chi connectivity index (χ1v) is 8.41. The summed E-state index contributed by atoms with van der Waals surface area (Å²) in [4.78, 5) is 13.7. The van der Waals surface area contributed by atoms with Gasteiger partial charge in [-0.25, -0.2) is 4.79 Å². The molecule has 23 heavy (non-hydrogen) atoms. The Morgan fingerprint density at radius 3 is 2.52 bits per heavy atom. The third-order valence-corrected chi connectivity index (χ3v) is 3.85. The van der Waals surface area contributed by atoms with Crippen LogP contribution in [0.4, 0.5) is 4.79 Å². The highest BCUT2D eigenvalue weighted by atomic mass is 79.9. The molecule has 0 radical (unpaired) electrons. The number of ether oxygens (including phenoxy) is 2. The second kappa shape index (κ2) is 7.22. The van der Waals surface area contributed by atoms with Crippen LogP contribution in [-0.4, -0.2) is 35.8 Å². The lowest BCUT2D eigenvalue weighted by Gasteiger charge is -2.33. The van der Waals surface area contributed by atoms with Crippen LogP contribution in [0.15, 0.2) is 22.7 Å². The molecule has 124 valence electrons. The molecular formula is C17H21BrN2O3. The number of carbonyl (C=O) groups excluding carboxylic acids is 1. The van der Waals surface area contributed by atoms with Crippen LogP contribution >= 0.6 is 15.9 Å². The van der Waals surface area contributed by atoms with Crippen LogP contribution in [0.25, 0.3) is 0 Å². The molecule has 0 atom stereocenters. The second-order valence-corrected chi connectivity index (χ2v) is 7.49. The van der Waals surface area contributed by atoms with Crippen LogP contribution < -0.4 is 4.74 Å². The van der Waals surface area contributed by atoms with E-state index in [0.29, 0.717) is 24.4 Å². The molecular weight excluding hydrogens is 360 g/mol. The maximum absolute atomic E-state index is 12.0. The van der Waals surface area contributed by atoms with Gasteiger partial charge in [-0.2, -0.15) is 5.26 Å². The number of nitriles is 1. The summed E-state index contributed by atoms with van der Waals surface area (Å²) in [6.45, 7) is 6.81. The fourth-order valence-electron chi connectivity index (χ4n) is 2.37. The van der Waals surface area contributed by atoms with Crippen molar-refractivity contribution >= 4 is 22.0 Å². The van der Waals surface area contributed by atoms with Crippen molar-refractivity contribution in [3.63, 3.8) is 0 Å². The molecule has 0 unspecified atom stereocenters. The lowest BCUT2D eigenvalue weighted by atomic mass is 10.1. The molecule has 1 saturated heterocycles. The van der Waals surface area contributed by atoms with Crippen LogP contribution in [0, 0.1) is 11.3 Å². The standard InChI is InChI=1S/C17H21BrN2O3/c1-17(2,3)23-16(21)20-6-4-14(5-7-20)22-15-9-12(11-19)8-13(18)10-15/h8-10,14H,4-7H2,1-3H3. The summed E-state index contributed by atoms with van der Waals surface area (Å²) in [6, 6.07) is 7.43. The van der Waals surface area contributed by atoms with Crippen molar-refractivity contribution in [1.29, 1.82) is 5.26 Å². The van der Waals surface area contributed by atoms with Crippen LogP contribution in [0.5, 0.6) is 5.75 Å². The Morgan fingerprint density at radius 2 is 1.96 bits per heavy atom. The lowest BCUT2D eigenvalue weighted by molar-refractivity contribution is 0.0126. The first kappa shape index (κ1) is 17.6. The summed E-state index contributed by atoms with van der Waals surface area (Å²) in [7, 11) is 0. The number of piperidine rings is 1. The van der Waals surface area contributed by atoms with Crippen LogP contribution in [0.3, 0.4) is 0 Å². The summed E-state index contributed by atoms with van der Waals surface area (Å²) in [5.41, 5.74) is 0.0783. The predicted octanol–water partition coefficient (Wildman–Crippen LogP) is 4.10. The van der Waals surface area contributed by atoms with Gasteiger partial charge in [0.05, 0.1) is 11.6 Å². The van der Waals surface area contributed by atoms with Crippen LogP contribution in [-0.2, 0) is 4.74 Å². The number of benzene rings is 1. The molecule has 0 N–H and O–H groups in total. The van der Waals surface area contributed by atoms with E-state index in [1.807, 2.05) is 26.8 Å². The van der Waals surface area contributed by atoms with E-state index in [1.54, 1.807) is 17.0 Å². The van der Waals surface area contributed by atoms with Gasteiger partial charge in [0.1, 0.15) is 17.5 Å². The van der Waals surface area contributed by atoms with E-state index < -0.39 is 5.60 Å². The highest BCUT2D eigenvalue weighted by Gasteiger charge is 2.27. The highest BCUT2D eigenvalue weighted by molar-refractivity contribution is 9.10. The van der Waals surface area contributed by atoms with E-state index in [-0.39, 0.29) is 12.2 Å². The van der Waals surface area contributed by atoms with Crippen molar-refractivity contribution in [2.24, 2.45) is 0 Å². The quantitative estimate of drug-likeness (QED) is 0.774. The number of hydrogen-bond donors (Lipinski definition) is 0. The van der Waals surface area contributed by atoms with Crippen molar-refractivity contribution in [2.45, 2.75) is 45.3 Å². The van der Waals surface area contributed by atoms with Crippen molar-refractivity contribution < 1.29 is 14.3 Å². The Balaban J connectivity index is 1.89. The molecule has 1 amide bonds. The second-order valence-electron chi connectivity index (χ2n) is 6.57. The van der Waals surface area contributed by atoms with Crippen LogP contribution in [0.2, 0.25) is 0 Å². The van der Waals surface area contributed by atoms with Gasteiger partial charge in [0.15, 0.2) is 0 Å². The third-order valence-electron chi connectivity index (χ3n) is 3.40. The molecule has 1 fully saturated rings. The minimum atomic E-state index is -0.478. The van der Waals surface area contributed by atoms with Crippen molar-refractivity contribution in [1.82, 2.24) is 4.90 Å². The molecule has 0 saturated carbocycles. The van der Waals surface area contributed by atoms with Gasteiger partial charge in [0.25, 0.3) is 0 Å². The van der Waals surface area contributed by atoms with Gasteiger partial charge in [-0.05, 0) is 39.0 Å². The number of rotatable bonds is 2. The molecule has 6 heteroatoms. The van der Waals surface area contributed by atoms with Gasteiger partial charge in [0.2, 0.25) is 0 Å². The average Bonchev–Trinajstić information content (AvgIpc) is 2.45. The maximum atomic E-state index is 12.0. The summed E-state index contributed by atoms with van der Waals surface area (Å²) < 4.78 is 12.1. The smallest absolute Gasteiger partial charge is 0.410 e. The summed E-state index contributed by atoms with van der Waals surface area (Å²) in [5, 5.41) is 9.00. The zero-order chi connectivity index (χ0) is 17.0.